The maximum absolute atomic E-state index is 12.6. The van der Waals surface area contributed by atoms with Crippen LogP contribution in [0.5, 0.6) is 0 Å². The van der Waals surface area contributed by atoms with Crippen LogP contribution in [0.1, 0.15) is 35.7 Å². The molecular weight excluding hydrogens is 277 g/mol. The van der Waals surface area contributed by atoms with Gasteiger partial charge in [-0.05, 0) is 32.7 Å². The van der Waals surface area contributed by atoms with Crippen LogP contribution in [0.15, 0.2) is 6.20 Å². The van der Waals surface area contributed by atoms with Gasteiger partial charge in [-0.1, -0.05) is 0 Å². The second-order valence-corrected chi connectivity index (χ2v) is 5.65. The van der Waals surface area contributed by atoms with E-state index < -0.39 is 11.2 Å². The Morgan fingerprint density at radius 1 is 1.53 bits per heavy atom. The molecule has 108 valence electrons. The van der Waals surface area contributed by atoms with Crippen LogP contribution in [0.4, 0.5) is 13.2 Å². The monoisotopic (exact) mass is 294 g/mol. The number of alkyl halides is 3. The lowest BCUT2D eigenvalue weighted by atomic mass is 10.1. The first-order valence-electron chi connectivity index (χ1n) is 6.29. The van der Waals surface area contributed by atoms with Crippen molar-refractivity contribution in [2.75, 3.05) is 13.7 Å². The van der Waals surface area contributed by atoms with Crippen molar-refractivity contribution in [3.8, 4) is 0 Å². The number of hydrogen-bond acceptors (Lipinski definition) is 4. The van der Waals surface area contributed by atoms with E-state index in [-0.39, 0.29) is 12.1 Å². The third-order valence-corrected chi connectivity index (χ3v) is 4.28. The molecule has 0 radical (unpaired) electrons. The zero-order chi connectivity index (χ0) is 14.0. The molecule has 0 spiro atoms. The highest BCUT2D eigenvalue weighted by atomic mass is 32.1. The van der Waals surface area contributed by atoms with Gasteiger partial charge in [0.05, 0.1) is 12.1 Å². The summed E-state index contributed by atoms with van der Waals surface area (Å²) in [6.45, 7) is 2.46. The first kappa shape index (κ1) is 14.7. The number of ether oxygens (including phenoxy) is 1. The van der Waals surface area contributed by atoms with Gasteiger partial charge in [0.25, 0.3) is 0 Å². The van der Waals surface area contributed by atoms with E-state index in [1.807, 2.05) is 6.92 Å². The van der Waals surface area contributed by atoms with E-state index in [1.54, 1.807) is 7.05 Å². The van der Waals surface area contributed by atoms with Crippen molar-refractivity contribution in [3.63, 3.8) is 0 Å². The molecule has 2 rings (SSSR count). The van der Waals surface area contributed by atoms with Crippen LogP contribution in [0.25, 0.3) is 0 Å². The Balaban J connectivity index is 2.18. The molecule has 1 N–H and O–H groups in total. The van der Waals surface area contributed by atoms with Crippen molar-refractivity contribution in [1.29, 1.82) is 0 Å². The summed E-state index contributed by atoms with van der Waals surface area (Å²) < 4.78 is 43.5. The molecule has 2 atom stereocenters. The Labute approximate surface area is 114 Å². The largest absolute Gasteiger partial charge is 0.443 e. The zero-order valence-electron chi connectivity index (χ0n) is 10.8. The van der Waals surface area contributed by atoms with E-state index >= 15 is 0 Å². The molecule has 3 nitrogen and oxygen atoms in total. The molecule has 1 heterocycles. The van der Waals surface area contributed by atoms with E-state index in [2.05, 4.69) is 10.3 Å². The Kier molecular flexibility index (Phi) is 4.47. The van der Waals surface area contributed by atoms with E-state index in [9.17, 15) is 13.2 Å². The minimum atomic E-state index is -4.37. The SMILES string of the molecule is CCOC(C1CC1)C(NC)c1cnc(C(F)(F)F)s1. The Hall–Kier alpha value is -0.660. The van der Waals surface area contributed by atoms with Crippen LogP contribution in [0.3, 0.4) is 0 Å². The van der Waals surface area contributed by atoms with E-state index in [0.29, 0.717) is 28.7 Å². The van der Waals surface area contributed by atoms with Crippen LogP contribution < -0.4 is 5.32 Å². The van der Waals surface area contributed by atoms with Gasteiger partial charge in [0.15, 0.2) is 5.01 Å². The second-order valence-electron chi connectivity index (χ2n) is 4.59. The highest BCUT2D eigenvalue weighted by molar-refractivity contribution is 7.11. The molecule has 2 unspecified atom stereocenters. The molecule has 1 fully saturated rings. The van der Waals surface area contributed by atoms with Gasteiger partial charge in [-0.3, -0.25) is 0 Å². The van der Waals surface area contributed by atoms with Gasteiger partial charge in [-0.15, -0.1) is 11.3 Å². The number of likely N-dealkylation sites (N-methyl/N-ethyl adjacent to an activating group) is 1. The third kappa shape index (κ3) is 3.46. The minimum Gasteiger partial charge on any atom is -0.376 e. The first-order chi connectivity index (χ1) is 8.97. The Morgan fingerprint density at radius 2 is 2.21 bits per heavy atom. The normalized spacial score (nSPS) is 19.4. The average Bonchev–Trinajstić information content (AvgIpc) is 3.05. The fourth-order valence-corrected chi connectivity index (χ4v) is 3.08. The molecule has 0 aromatic carbocycles. The van der Waals surface area contributed by atoms with Crippen LogP contribution in [0, 0.1) is 5.92 Å². The summed E-state index contributed by atoms with van der Waals surface area (Å²) in [7, 11) is 1.74. The number of nitrogens with zero attached hydrogens (tertiary/aromatic N) is 1. The lowest BCUT2D eigenvalue weighted by Gasteiger charge is -2.25. The maximum Gasteiger partial charge on any atom is 0.443 e. The van der Waals surface area contributed by atoms with Gasteiger partial charge in [-0.2, -0.15) is 13.2 Å². The van der Waals surface area contributed by atoms with Crippen molar-refractivity contribution in [3.05, 3.63) is 16.1 Å². The number of rotatable bonds is 6. The number of halogens is 3. The van der Waals surface area contributed by atoms with Gasteiger partial charge in [0.2, 0.25) is 0 Å². The Bertz CT molecular complexity index is 417. The summed E-state index contributed by atoms with van der Waals surface area (Å²) in [5, 5.41) is 2.27. The summed E-state index contributed by atoms with van der Waals surface area (Å²) in [5.74, 6) is 0.439. The topological polar surface area (TPSA) is 34.1 Å². The fraction of sp³-hybridized carbons (Fsp3) is 0.750. The molecular formula is C12H17F3N2OS. The van der Waals surface area contributed by atoms with Crippen LogP contribution in [-0.4, -0.2) is 24.7 Å². The average molecular weight is 294 g/mol. The predicted molar refractivity (Wildman–Crippen MR) is 67.1 cm³/mol. The summed E-state index contributed by atoms with van der Waals surface area (Å²) in [4.78, 5) is 4.06. The lowest BCUT2D eigenvalue weighted by Crippen LogP contribution is -2.32. The summed E-state index contributed by atoms with van der Waals surface area (Å²) >= 11 is 0.693. The molecule has 7 heteroatoms. The van der Waals surface area contributed by atoms with Crippen LogP contribution >= 0.6 is 11.3 Å². The van der Waals surface area contributed by atoms with Crippen molar-refractivity contribution < 1.29 is 17.9 Å². The number of hydrogen-bond donors (Lipinski definition) is 1. The predicted octanol–water partition coefficient (Wildman–Crippen LogP) is 3.24. The molecule has 1 aromatic rings. The van der Waals surface area contributed by atoms with Gasteiger partial charge >= 0.3 is 6.18 Å². The molecule has 1 saturated carbocycles. The number of nitrogens with one attached hydrogen (secondary N) is 1. The van der Waals surface area contributed by atoms with Gasteiger partial charge in [0, 0.05) is 17.7 Å². The highest BCUT2D eigenvalue weighted by Gasteiger charge is 2.40. The van der Waals surface area contributed by atoms with E-state index in [0.717, 1.165) is 12.8 Å². The molecule has 1 aromatic heterocycles. The smallest absolute Gasteiger partial charge is 0.376 e. The summed E-state index contributed by atoms with van der Waals surface area (Å²) in [5.41, 5.74) is 0. The number of thiazole rings is 1. The fourth-order valence-electron chi connectivity index (χ4n) is 2.15. The maximum atomic E-state index is 12.6. The summed E-state index contributed by atoms with van der Waals surface area (Å²) in [6, 6.07) is -0.221. The van der Waals surface area contributed by atoms with Gasteiger partial charge < -0.3 is 10.1 Å². The van der Waals surface area contributed by atoms with E-state index in [1.165, 1.54) is 6.20 Å². The quantitative estimate of drug-likeness (QED) is 0.874. The minimum absolute atomic E-state index is 0.0727. The van der Waals surface area contributed by atoms with Crippen LogP contribution in [-0.2, 0) is 10.9 Å². The molecule has 1 aliphatic rings. The van der Waals surface area contributed by atoms with Crippen molar-refractivity contribution in [2.24, 2.45) is 5.92 Å². The summed E-state index contributed by atoms with van der Waals surface area (Å²) in [6.07, 6.45) is -0.983. The Morgan fingerprint density at radius 3 is 2.63 bits per heavy atom. The molecule has 0 saturated heterocycles. The first-order valence-corrected chi connectivity index (χ1v) is 7.10. The van der Waals surface area contributed by atoms with Crippen LogP contribution in [0.2, 0.25) is 0 Å². The van der Waals surface area contributed by atoms with Crippen molar-refractivity contribution in [1.82, 2.24) is 10.3 Å². The third-order valence-electron chi connectivity index (χ3n) is 3.16. The van der Waals surface area contributed by atoms with Crippen molar-refractivity contribution in [2.45, 2.75) is 38.1 Å². The molecule has 0 amide bonds. The standard InChI is InChI=1S/C12H17F3N2OS/c1-3-18-10(7-4-5-7)9(16-2)8-6-17-11(19-8)12(13,14)15/h6-7,9-10,16H,3-5H2,1-2H3. The van der Waals surface area contributed by atoms with Gasteiger partial charge in [0.1, 0.15) is 0 Å². The lowest BCUT2D eigenvalue weighted by molar-refractivity contribution is -0.137. The number of aromatic nitrogens is 1. The molecule has 0 bridgehead atoms. The molecule has 0 aliphatic heterocycles. The molecule has 19 heavy (non-hydrogen) atoms. The van der Waals surface area contributed by atoms with E-state index in [4.69, 9.17) is 4.74 Å². The highest BCUT2D eigenvalue weighted by Crippen LogP contribution is 2.42. The van der Waals surface area contributed by atoms with Gasteiger partial charge in [-0.25, -0.2) is 4.98 Å². The zero-order valence-corrected chi connectivity index (χ0v) is 11.6. The van der Waals surface area contributed by atoms with Crippen molar-refractivity contribution >= 4 is 11.3 Å². The molecule has 1 aliphatic carbocycles. The second kappa shape index (κ2) is 5.76.